The quantitative estimate of drug-likeness (QED) is 0.619. The molecule has 0 aliphatic carbocycles. The van der Waals surface area contributed by atoms with Gasteiger partial charge >= 0.3 is 5.69 Å². The Morgan fingerprint density at radius 1 is 1.42 bits per heavy atom. The van der Waals surface area contributed by atoms with Gasteiger partial charge in [-0.25, -0.2) is 0 Å². The first-order valence-electron chi connectivity index (χ1n) is 5.21. The Hall–Kier alpha value is -2.51. The molecule has 102 valence electrons. The smallest absolute Gasteiger partial charge is 0.304 e. The third-order valence-corrected chi connectivity index (χ3v) is 2.45. The molecule has 0 bridgehead atoms. The SMILES string of the molecule is CC(C)(NC(=O)c1ccc([N+](=O)[O-])c(F)c1)C(N)=O. The zero-order valence-corrected chi connectivity index (χ0v) is 10.3. The number of nitrogens with two attached hydrogens (primary N) is 1. The zero-order chi connectivity index (χ0) is 14.8. The molecule has 1 aromatic rings. The summed E-state index contributed by atoms with van der Waals surface area (Å²) >= 11 is 0. The molecule has 0 radical (unpaired) electrons. The van der Waals surface area contributed by atoms with Crippen LogP contribution < -0.4 is 11.1 Å². The number of halogens is 1. The molecular weight excluding hydrogens is 257 g/mol. The molecule has 3 N–H and O–H groups in total. The van der Waals surface area contributed by atoms with Gasteiger partial charge in [0, 0.05) is 11.6 Å². The van der Waals surface area contributed by atoms with E-state index < -0.39 is 33.8 Å². The minimum Gasteiger partial charge on any atom is -0.368 e. The fourth-order valence-electron chi connectivity index (χ4n) is 1.21. The largest absolute Gasteiger partial charge is 0.368 e. The van der Waals surface area contributed by atoms with Crippen molar-refractivity contribution in [3.63, 3.8) is 0 Å². The van der Waals surface area contributed by atoms with E-state index in [4.69, 9.17) is 5.73 Å². The van der Waals surface area contributed by atoms with E-state index in [0.29, 0.717) is 0 Å². The molecule has 0 atom stereocenters. The predicted molar refractivity (Wildman–Crippen MR) is 63.8 cm³/mol. The number of nitrogens with zero attached hydrogens (tertiary/aromatic N) is 1. The van der Waals surface area contributed by atoms with E-state index in [2.05, 4.69) is 5.32 Å². The molecule has 8 heteroatoms. The fraction of sp³-hybridized carbons (Fsp3) is 0.273. The maximum atomic E-state index is 13.3. The van der Waals surface area contributed by atoms with Crippen molar-refractivity contribution in [1.29, 1.82) is 0 Å². The summed E-state index contributed by atoms with van der Waals surface area (Å²) in [5.41, 5.74) is 2.89. The lowest BCUT2D eigenvalue weighted by Crippen LogP contribution is -2.53. The first kappa shape index (κ1) is 14.6. The lowest BCUT2D eigenvalue weighted by atomic mass is 10.0. The maximum absolute atomic E-state index is 13.3. The summed E-state index contributed by atoms with van der Waals surface area (Å²) in [7, 11) is 0. The summed E-state index contributed by atoms with van der Waals surface area (Å²) in [6.07, 6.45) is 0. The first-order valence-corrected chi connectivity index (χ1v) is 5.21. The summed E-state index contributed by atoms with van der Waals surface area (Å²) in [6.45, 7) is 2.77. The number of carbonyl (C=O) groups excluding carboxylic acids is 2. The number of nitro benzene ring substituents is 1. The Kier molecular flexibility index (Phi) is 3.83. The molecule has 7 nitrogen and oxygen atoms in total. The fourth-order valence-corrected chi connectivity index (χ4v) is 1.21. The van der Waals surface area contributed by atoms with Crippen LogP contribution in [0.1, 0.15) is 24.2 Å². The Labute approximate surface area is 107 Å². The molecule has 0 aromatic heterocycles. The number of hydrogen-bond donors (Lipinski definition) is 2. The van der Waals surface area contributed by atoms with Crippen molar-refractivity contribution in [2.75, 3.05) is 0 Å². The zero-order valence-electron chi connectivity index (χ0n) is 10.3. The van der Waals surface area contributed by atoms with Crippen molar-refractivity contribution in [1.82, 2.24) is 5.32 Å². The van der Waals surface area contributed by atoms with Crippen molar-refractivity contribution in [2.24, 2.45) is 5.73 Å². The number of carbonyl (C=O) groups is 2. The average Bonchev–Trinajstić information content (AvgIpc) is 2.27. The molecule has 0 saturated carbocycles. The maximum Gasteiger partial charge on any atom is 0.304 e. The second-order valence-electron chi connectivity index (χ2n) is 4.37. The lowest BCUT2D eigenvalue weighted by molar-refractivity contribution is -0.387. The van der Waals surface area contributed by atoms with Gasteiger partial charge in [0.1, 0.15) is 5.54 Å². The van der Waals surface area contributed by atoms with Crippen LogP contribution in [0, 0.1) is 15.9 Å². The monoisotopic (exact) mass is 269 g/mol. The van der Waals surface area contributed by atoms with E-state index >= 15 is 0 Å². The molecule has 19 heavy (non-hydrogen) atoms. The number of amides is 2. The highest BCUT2D eigenvalue weighted by atomic mass is 19.1. The topological polar surface area (TPSA) is 115 Å². The number of primary amides is 1. The summed E-state index contributed by atoms with van der Waals surface area (Å²) in [4.78, 5) is 32.3. The van der Waals surface area contributed by atoms with Gasteiger partial charge in [0.15, 0.2) is 0 Å². The number of hydrogen-bond acceptors (Lipinski definition) is 4. The van der Waals surface area contributed by atoms with Gasteiger partial charge < -0.3 is 11.1 Å². The van der Waals surface area contributed by atoms with E-state index in [1.807, 2.05) is 0 Å². The first-order chi connectivity index (χ1) is 8.65. The number of benzene rings is 1. The minimum absolute atomic E-state index is 0.141. The summed E-state index contributed by atoms with van der Waals surface area (Å²) in [5, 5.41) is 12.7. The summed E-state index contributed by atoms with van der Waals surface area (Å²) in [5.74, 6) is -2.64. The third-order valence-electron chi connectivity index (χ3n) is 2.45. The van der Waals surface area contributed by atoms with Crippen LogP contribution in [0.25, 0.3) is 0 Å². The highest BCUT2D eigenvalue weighted by molar-refractivity contribution is 5.98. The van der Waals surface area contributed by atoms with Crippen LogP contribution in [0.4, 0.5) is 10.1 Å². The predicted octanol–water partition coefficient (Wildman–Crippen LogP) is 0.728. The van der Waals surface area contributed by atoms with Crippen LogP contribution in [-0.2, 0) is 4.79 Å². The second kappa shape index (κ2) is 5.01. The molecule has 0 heterocycles. The summed E-state index contributed by atoms with van der Waals surface area (Å²) in [6, 6.07) is 2.69. The van der Waals surface area contributed by atoms with Crippen LogP contribution in [0.3, 0.4) is 0 Å². The normalized spacial score (nSPS) is 10.9. The van der Waals surface area contributed by atoms with E-state index in [9.17, 15) is 24.1 Å². The van der Waals surface area contributed by atoms with Crippen LogP contribution in [0.15, 0.2) is 18.2 Å². The van der Waals surface area contributed by atoms with Crippen LogP contribution in [0.5, 0.6) is 0 Å². The van der Waals surface area contributed by atoms with E-state index in [-0.39, 0.29) is 5.56 Å². The molecule has 0 aliphatic heterocycles. The van der Waals surface area contributed by atoms with Crippen LogP contribution >= 0.6 is 0 Å². The molecule has 2 amide bonds. The third kappa shape index (κ3) is 3.24. The van der Waals surface area contributed by atoms with Crippen molar-refractivity contribution >= 4 is 17.5 Å². The van der Waals surface area contributed by atoms with Gasteiger partial charge in [-0.2, -0.15) is 4.39 Å². The van der Waals surface area contributed by atoms with Gasteiger partial charge in [0.25, 0.3) is 5.91 Å². The molecule has 1 aromatic carbocycles. The number of nitro groups is 1. The lowest BCUT2D eigenvalue weighted by Gasteiger charge is -2.22. The minimum atomic E-state index is -1.31. The highest BCUT2D eigenvalue weighted by Gasteiger charge is 2.28. The van der Waals surface area contributed by atoms with Gasteiger partial charge in [-0.05, 0) is 26.0 Å². The van der Waals surface area contributed by atoms with Gasteiger partial charge in [0.05, 0.1) is 4.92 Å². The van der Waals surface area contributed by atoms with E-state index in [0.717, 1.165) is 18.2 Å². The van der Waals surface area contributed by atoms with Crippen molar-refractivity contribution in [3.05, 3.63) is 39.7 Å². The molecule has 0 aliphatic rings. The van der Waals surface area contributed by atoms with Crippen LogP contribution in [-0.4, -0.2) is 22.3 Å². The molecule has 0 saturated heterocycles. The molecule has 0 spiro atoms. The Morgan fingerprint density at radius 3 is 2.42 bits per heavy atom. The van der Waals surface area contributed by atoms with E-state index in [1.165, 1.54) is 13.8 Å². The van der Waals surface area contributed by atoms with Crippen molar-refractivity contribution < 1.29 is 18.9 Å². The van der Waals surface area contributed by atoms with Gasteiger partial charge in [-0.15, -0.1) is 0 Å². The molecule has 0 fully saturated rings. The number of nitrogens with one attached hydrogen (secondary N) is 1. The molecule has 0 unspecified atom stereocenters. The van der Waals surface area contributed by atoms with E-state index in [1.54, 1.807) is 0 Å². The highest BCUT2D eigenvalue weighted by Crippen LogP contribution is 2.18. The molecule has 1 rings (SSSR count). The van der Waals surface area contributed by atoms with Gasteiger partial charge in [0.2, 0.25) is 11.7 Å². The van der Waals surface area contributed by atoms with Gasteiger partial charge in [-0.1, -0.05) is 0 Å². The van der Waals surface area contributed by atoms with Crippen molar-refractivity contribution in [2.45, 2.75) is 19.4 Å². The van der Waals surface area contributed by atoms with Crippen molar-refractivity contribution in [3.8, 4) is 0 Å². The Bertz CT molecular complexity index is 557. The Balaban J connectivity index is 2.99. The van der Waals surface area contributed by atoms with Crippen LogP contribution in [0.2, 0.25) is 0 Å². The number of rotatable bonds is 4. The Morgan fingerprint density at radius 2 is 2.00 bits per heavy atom. The van der Waals surface area contributed by atoms with Gasteiger partial charge in [-0.3, -0.25) is 19.7 Å². The average molecular weight is 269 g/mol. The standard InChI is InChI=1S/C11H12FN3O4/c1-11(2,10(13)17)14-9(16)6-3-4-8(15(18)19)7(12)5-6/h3-5H,1-2H3,(H2,13,17)(H,14,16). The second-order valence-corrected chi connectivity index (χ2v) is 4.37. The molecular formula is C11H12FN3O4. The summed E-state index contributed by atoms with van der Waals surface area (Å²) < 4.78 is 13.3.